The second-order valence-electron chi connectivity index (χ2n) is 13.5. The summed E-state index contributed by atoms with van der Waals surface area (Å²) < 4.78 is 8.08. The van der Waals surface area contributed by atoms with Crippen molar-refractivity contribution in [2.24, 2.45) is 4.99 Å². The molecule has 32 heavy (non-hydrogen) atoms. The Bertz CT molecular complexity index is 843. The number of rotatable bonds is 1. The number of hydrogen-bond donors (Lipinski definition) is 0. The van der Waals surface area contributed by atoms with E-state index in [0.717, 1.165) is 5.70 Å². The summed E-state index contributed by atoms with van der Waals surface area (Å²) in [6, 6.07) is 0. The molecule has 6 heteroatoms. The third-order valence-electron chi connectivity index (χ3n) is 5.94. The van der Waals surface area contributed by atoms with Crippen LogP contribution in [0.2, 0.25) is 5.54 Å². The molecule has 1 spiro atoms. The highest BCUT2D eigenvalue weighted by molar-refractivity contribution is 7.24. The minimum Gasteiger partial charge on any atom is -0.396 e. The fourth-order valence-corrected chi connectivity index (χ4v) is 19.7. The molecule has 1 fully saturated rings. The number of hydrogen-bond acceptors (Lipinski definition) is 4. The predicted octanol–water partition coefficient (Wildman–Crippen LogP) is 6.43. The van der Waals surface area contributed by atoms with Crippen molar-refractivity contribution in [3.63, 3.8) is 0 Å². The van der Waals surface area contributed by atoms with Gasteiger partial charge in [-0.05, 0) is 103 Å². The average Bonchev–Trinajstić information content (AvgIpc) is 2.74. The lowest BCUT2D eigenvalue weighted by atomic mass is 10.1. The molecule has 0 saturated carbocycles. The van der Waals surface area contributed by atoms with Crippen molar-refractivity contribution in [2.75, 3.05) is 0 Å². The third-order valence-corrected chi connectivity index (χ3v) is 16.2. The van der Waals surface area contributed by atoms with Crippen LogP contribution in [0.15, 0.2) is 41.3 Å². The van der Waals surface area contributed by atoms with Crippen LogP contribution in [0.1, 0.15) is 96.9 Å². The lowest BCUT2D eigenvalue weighted by molar-refractivity contribution is 0.213. The molecule has 0 aromatic heterocycles. The van der Waals surface area contributed by atoms with E-state index in [0.29, 0.717) is 9.20 Å². The molecule has 0 aliphatic carbocycles. The molecule has 2 aliphatic rings. The van der Waals surface area contributed by atoms with E-state index in [1.165, 1.54) is 17.1 Å². The summed E-state index contributed by atoms with van der Waals surface area (Å²) in [5.74, 6) is 0. The molecule has 2 radical (unpaired) electrons. The SMILES string of the molecule is C=C1C(C(C)=NC(C)(C)C)[Si]2([Si]N1C(C)(C)C)N(C(C)(C)C)C(=C)C=C(C)N2C(C)(C)C. The Kier molecular flexibility index (Phi) is 6.66. The molecule has 0 amide bonds. The van der Waals surface area contributed by atoms with Gasteiger partial charge in [0, 0.05) is 39.4 Å². The van der Waals surface area contributed by atoms with Crippen molar-refractivity contribution < 1.29 is 0 Å². The zero-order valence-corrected chi connectivity index (χ0v) is 25.4. The fourth-order valence-electron chi connectivity index (χ4n) is 5.69. The molecule has 0 N–H and O–H groups in total. The maximum absolute atomic E-state index is 5.26. The van der Waals surface area contributed by atoms with Crippen LogP contribution in [-0.2, 0) is 0 Å². The van der Waals surface area contributed by atoms with E-state index >= 15 is 0 Å². The Balaban J connectivity index is 3.02. The number of allylic oxidation sites excluding steroid dienone is 3. The maximum Gasteiger partial charge on any atom is 0.284 e. The Morgan fingerprint density at radius 2 is 1.34 bits per heavy atom. The van der Waals surface area contributed by atoms with Crippen LogP contribution in [0.5, 0.6) is 0 Å². The summed E-state index contributed by atoms with van der Waals surface area (Å²) in [5.41, 5.74) is 4.84. The zero-order chi connectivity index (χ0) is 25.2. The summed E-state index contributed by atoms with van der Waals surface area (Å²) >= 11 is 0. The van der Waals surface area contributed by atoms with Gasteiger partial charge < -0.3 is 13.7 Å². The van der Waals surface area contributed by atoms with Crippen molar-refractivity contribution in [1.82, 2.24) is 13.7 Å². The van der Waals surface area contributed by atoms with Crippen molar-refractivity contribution in [1.29, 1.82) is 0 Å². The molecule has 2 unspecified atom stereocenters. The van der Waals surface area contributed by atoms with Crippen LogP contribution < -0.4 is 0 Å². The predicted molar refractivity (Wildman–Crippen MR) is 145 cm³/mol. The first kappa shape index (κ1) is 27.0. The molecular formula is C26H48N4Si2. The molecule has 0 aromatic rings. The van der Waals surface area contributed by atoms with Gasteiger partial charge in [0.05, 0.1) is 11.1 Å². The molecule has 2 heterocycles. The molecule has 4 nitrogen and oxygen atoms in total. The Morgan fingerprint density at radius 1 is 0.875 bits per heavy atom. The van der Waals surface area contributed by atoms with Crippen LogP contribution in [0.25, 0.3) is 0 Å². The van der Waals surface area contributed by atoms with E-state index in [2.05, 4.69) is 123 Å². The molecule has 0 aromatic carbocycles. The topological polar surface area (TPSA) is 22.1 Å². The molecule has 1 saturated heterocycles. The van der Waals surface area contributed by atoms with Crippen LogP contribution in [-0.4, -0.2) is 58.7 Å². The fraction of sp³-hybridized carbons (Fsp3) is 0.731. The van der Waals surface area contributed by atoms with Crippen LogP contribution in [0, 0.1) is 0 Å². The van der Waals surface area contributed by atoms with E-state index in [1.807, 2.05) is 0 Å². The quantitative estimate of drug-likeness (QED) is 0.324. The monoisotopic (exact) mass is 472 g/mol. The molecule has 2 aliphatic heterocycles. The van der Waals surface area contributed by atoms with Crippen LogP contribution in [0.3, 0.4) is 0 Å². The van der Waals surface area contributed by atoms with Crippen molar-refractivity contribution in [3.8, 4) is 0 Å². The van der Waals surface area contributed by atoms with Crippen LogP contribution >= 0.6 is 0 Å². The lowest BCUT2D eigenvalue weighted by Gasteiger charge is -2.62. The first-order chi connectivity index (χ1) is 14.0. The third kappa shape index (κ3) is 4.67. The minimum absolute atomic E-state index is 0.00417. The van der Waals surface area contributed by atoms with E-state index < -0.39 is 7.91 Å². The van der Waals surface area contributed by atoms with Gasteiger partial charge in [0.25, 0.3) is 7.91 Å². The highest BCUT2D eigenvalue weighted by Gasteiger charge is 2.67. The van der Waals surface area contributed by atoms with E-state index in [9.17, 15) is 0 Å². The van der Waals surface area contributed by atoms with Gasteiger partial charge in [0.15, 0.2) is 0 Å². The Morgan fingerprint density at radius 3 is 1.72 bits per heavy atom. The molecule has 180 valence electrons. The summed E-state index contributed by atoms with van der Waals surface area (Å²) in [4.78, 5) is 5.26. The van der Waals surface area contributed by atoms with Crippen LogP contribution in [0.4, 0.5) is 0 Å². The first-order valence-corrected chi connectivity index (χ1v) is 15.8. The van der Waals surface area contributed by atoms with E-state index in [-0.39, 0.29) is 27.7 Å². The van der Waals surface area contributed by atoms with Gasteiger partial charge >= 0.3 is 0 Å². The van der Waals surface area contributed by atoms with E-state index in [1.54, 1.807) is 0 Å². The highest BCUT2D eigenvalue weighted by Crippen LogP contribution is 2.53. The largest absolute Gasteiger partial charge is 0.396 e. The summed E-state index contributed by atoms with van der Waals surface area (Å²) in [7, 11) is -1.85. The van der Waals surface area contributed by atoms with Gasteiger partial charge in [0.2, 0.25) is 9.20 Å². The lowest BCUT2D eigenvalue weighted by Crippen LogP contribution is -2.79. The van der Waals surface area contributed by atoms with Gasteiger partial charge in [-0.25, -0.2) is 0 Å². The number of nitrogens with zero attached hydrogens (tertiary/aromatic N) is 4. The second kappa shape index (κ2) is 7.90. The van der Waals surface area contributed by atoms with Gasteiger partial charge in [-0.1, -0.05) is 13.2 Å². The number of aliphatic imine (C=N–C) groups is 1. The van der Waals surface area contributed by atoms with Gasteiger partial charge in [-0.3, -0.25) is 4.99 Å². The average molecular weight is 473 g/mol. The minimum atomic E-state index is -2.48. The zero-order valence-electron chi connectivity index (χ0n) is 23.4. The molecular weight excluding hydrogens is 424 g/mol. The van der Waals surface area contributed by atoms with Crippen molar-refractivity contribution in [2.45, 2.75) is 125 Å². The standard InChI is InChI=1S/C26H48N4Si2/c1-18-17-19(2)30(26(14,15)16)32(29(18)25(11,12)13)22(20(3)27-23(5,6)7)21(4)28(31-32)24(8,9)10/h17,22H,1,4H2,2-3,5-16H3. The summed E-state index contributed by atoms with van der Waals surface area (Å²) in [6.45, 7) is 41.5. The Labute approximate surface area is 202 Å². The molecule has 2 atom stereocenters. The highest BCUT2D eigenvalue weighted by atomic mass is 29.2. The smallest absolute Gasteiger partial charge is 0.284 e. The summed E-state index contributed by atoms with van der Waals surface area (Å²) in [5, 5.41) is 0. The summed E-state index contributed by atoms with van der Waals surface area (Å²) in [6.07, 6.45) is 2.29. The molecule has 0 bridgehead atoms. The Hall–Kier alpha value is -1.28. The maximum atomic E-state index is 5.26. The second-order valence-corrected chi connectivity index (χ2v) is 20.0. The first-order valence-electron chi connectivity index (χ1n) is 11.9. The normalized spacial score (nSPS) is 26.4. The van der Waals surface area contributed by atoms with E-state index in [4.69, 9.17) is 11.6 Å². The van der Waals surface area contributed by atoms with Crippen molar-refractivity contribution >= 4 is 22.8 Å². The van der Waals surface area contributed by atoms with Gasteiger partial charge in [-0.15, -0.1) is 0 Å². The van der Waals surface area contributed by atoms with Gasteiger partial charge in [-0.2, -0.15) is 0 Å². The van der Waals surface area contributed by atoms with Crippen molar-refractivity contribution in [3.05, 3.63) is 36.3 Å². The molecule has 2 rings (SSSR count). The van der Waals surface area contributed by atoms with Gasteiger partial charge in [0.1, 0.15) is 0 Å².